The first kappa shape index (κ1) is 19.2. The second kappa shape index (κ2) is 8.43. The van der Waals surface area contributed by atoms with Gasteiger partial charge in [0.1, 0.15) is 0 Å². The molecule has 1 N–H and O–H groups in total. The summed E-state index contributed by atoms with van der Waals surface area (Å²) < 4.78 is 18.6. The number of urea groups is 1. The molecule has 1 aromatic heterocycles. The number of nitrogens with zero attached hydrogens (tertiary/aromatic N) is 2. The van der Waals surface area contributed by atoms with E-state index < -0.39 is 0 Å². The predicted molar refractivity (Wildman–Crippen MR) is 103 cm³/mol. The van der Waals surface area contributed by atoms with E-state index in [0.29, 0.717) is 36.2 Å². The zero-order valence-corrected chi connectivity index (χ0v) is 16.5. The van der Waals surface area contributed by atoms with Crippen LogP contribution in [0, 0.1) is 0 Å². The van der Waals surface area contributed by atoms with E-state index in [1.54, 1.807) is 21.3 Å². The van der Waals surface area contributed by atoms with E-state index in [9.17, 15) is 4.79 Å². The van der Waals surface area contributed by atoms with E-state index in [1.807, 2.05) is 35.4 Å². The van der Waals surface area contributed by atoms with E-state index in [-0.39, 0.29) is 12.1 Å². The predicted octanol–water partition coefficient (Wildman–Crippen LogP) is 2.87. The van der Waals surface area contributed by atoms with Crippen LogP contribution in [0.5, 0.6) is 17.2 Å². The second-order valence-electron chi connectivity index (χ2n) is 6.10. The van der Waals surface area contributed by atoms with Crippen LogP contribution in [-0.4, -0.2) is 55.8 Å². The van der Waals surface area contributed by atoms with Crippen molar-refractivity contribution in [2.24, 2.45) is 0 Å². The summed E-state index contributed by atoms with van der Waals surface area (Å²) in [6.07, 6.45) is 2.02. The monoisotopic (exact) mass is 393 g/mol. The summed E-state index contributed by atoms with van der Waals surface area (Å²) in [6.45, 7) is 1.73. The molecule has 2 amide bonds. The Morgan fingerprint density at radius 3 is 2.48 bits per heavy atom. The number of hydrogen-bond donors (Lipinski definition) is 1. The maximum Gasteiger partial charge on any atom is 0.318 e. The molecule has 0 bridgehead atoms. The van der Waals surface area contributed by atoms with Crippen LogP contribution in [0.15, 0.2) is 30.5 Å². The highest BCUT2D eigenvalue weighted by atomic mass is 35.5. The SMILES string of the molecule is COc1cc([C@H]2c3cccn3CCN2C(=O)NCCCl)cc(OC)c1OC. The van der Waals surface area contributed by atoms with Crippen LogP contribution in [-0.2, 0) is 6.54 Å². The van der Waals surface area contributed by atoms with Gasteiger partial charge in [-0.05, 0) is 29.8 Å². The summed E-state index contributed by atoms with van der Waals surface area (Å²) in [5, 5.41) is 2.86. The molecule has 0 saturated carbocycles. The minimum atomic E-state index is -0.280. The number of fused-ring (bicyclic) bond motifs is 1. The van der Waals surface area contributed by atoms with E-state index in [2.05, 4.69) is 9.88 Å². The van der Waals surface area contributed by atoms with Gasteiger partial charge in [0.05, 0.1) is 27.4 Å². The molecule has 2 aromatic rings. The van der Waals surface area contributed by atoms with Crippen molar-refractivity contribution in [3.63, 3.8) is 0 Å². The van der Waals surface area contributed by atoms with Crippen molar-refractivity contribution in [3.05, 3.63) is 41.7 Å². The number of amides is 2. The van der Waals surface area contributed by atoms with Gasteiger partial charge in [0.2, 0.25) is 5.75 Å². The van der Waals surface area contributed by atoms with Gasteiger partial charge in [-0.15, -0.1) is 11.6 Å². The Hall–Kier alpha value is -2.54. The molecule has 1 aromatic carbocycles. The van der Waals surface area contributed by atoms with Crippen molar-refractivity contribution < 1.29 is 19.0 Å². The molecule has 8 heteroatoms. The zero-order chi connectivity index (χ0) is 19.4. The third-order valence-corrected chi connectivity index (χ3v) is 4.86. The highest BCUT2D eigenvalue weighted by molar-refractivity contribution is 6.18. The van der Waals surface area contributed by atoms with Crippen molar-refractivity contribution in [1.82, 2.24) is 14.8 Å². The first-order chi connectivity index (χ1) is 13.1. The number of benzene rings is 1. The standard InChI is InChI=1S/C19H24ClN3O4/c1-25-15-11-13(12-16(26-2)18(15)27-3)17-14-5-4-8-22(14)9-10-23(17)19(24)21-7-6-20/h4-5,8,11-12,17H,6-7,9-10H2,1-3H3,(H,21,24)/t17-/m0/s1. The van der Waals surface area contributed by atoms with Crippen LogP contribution in [0.4, 0.5) is 4.79 Å². The number of ether oxygens (including phenoxy) is 3. The minimum Gasteiger partial charge on any atom is -0.493 e. The quantitative estimate of drug-likeness (QED) is 0.766. The molecule has 0 aliphatic carbocycles. The van der Waals surface area contributed by atoms with Gasteiger partial charge in [-0.3, -0.25) is 0 Å². The normalized spacial score (nSPS) is 15.9. The van der Waals surface area contributed by atoms with Crippen molar-refractivity contribution >= 4 is 17.6 Å². The average Bonchev–Trinajstić information content (AvgIpc) is 3.18. The first-order valence-corrected chi connectivity index (χ1v) is 9.23. The number of methoxy groups -OCH3 is 3. The number of carbonyl (C=O) groups is 1. The Bertz CT molecular complexity index is 783. The number of halogens is 1. The van der Waals surface area contributed by atoms with E-state index in [1.165, 1.54) is 0 Å². The van der Waals surface area contributed by atoms with Crippen molar-refractivity contribution in [1.29, 1.82) is 0 Å². The lowest BCUT2D eigenvalue weighted by Gasteiger charge is -2.37. The molecule has 3 rings (SSSR count). The molecule has 0 saturated heterocycles. The molecule has 146 valence electrons. The molecule has 1 atom stereocenters. The topological polar surface area (TPSA) is 65.0 Å². The van der Waals surface area contributed by atoms with Crippen molar-refractivity contribution in [2.45, 2.75) is 12.6 Å². The number of nitrogens with one attached hydrogen (secondary N) is 1. The van der Waals surface area contributed by atoms with Crippen LogP contribution in [0.2, 0.25) is 0 Å². The number of aromatic nitrogens is 1. The number of alkyl halides is 1. The summed E-state index contributed by atoms with van der Waals surface area (Å²) in [5.74, 6) is 1.99. The lowest BCUT2D eigenvalue weighted by atomic mass is 9.99. The first-order valence-electron chi connectivity index (χ1n) is 8.70. The van der Waals surface area contributed by atoms with Gasteiger partial charge in [0, 0.05) is 37.4 Å². The summed E-state index contributed by atoms with van der Waals surface area (Å²) in [5.41, 5.74) is 1.90. The Kier molecular flexibility index (Phi) is 6.01. The molecule has 1 aliphatic rings. The highest BCUT2D eigenvalue weighted by Crippen LogP contribution is 2.43. The third kappa shape index (κ3) is 3.64. The minimum absolute atomic E-state index is 0.151. The van der Waals surface area contributed by atoms with Crippen molar-refractivity contribution in [2.75, 3.05) is 40.3 Å². The van der Waals surface area contributed by atoms with Gasteiger partial charge in [-0.25, -0.2) is 4.79 Å². The summed E-state index contributed by atoms with van der Waals surface area (Å²) in [7, 11) is 4.73. The number of rotatable bonds is 6. The van der Waals surface area contributed by atoms with Gasteiger partial charge in [-0.1, -0.05) is 0 Å². The van der Waals surface area contributed by atoms with E-state index in [0.717, 1.165) is 17.8 Å². The largest absolute Gasteiger partial charge is 0.493 e. The molecule has 2 heterocycles. The lowest BCUT2D eigenvalue weighted by molar-refractivity contribution is 0.169. The van der Waals surface area contributed by atoms with Crippen LogP contribution >= 0.6 is 11.6 Å². The van der Waals surface area contributed by atoms with Crippen molar-refractivity contribution in [3.8, 4) is 17.2 Å². The molecule has 27 heavy (non-hydrogen) atoms. The Morgan fingerprint density at radius 1 is 1.19 bits per heavy atom. The van der Waals surface area contributed by atoms with E-state index >= 15 is 0 Å². The Labute approximate surface area is 163 Å². The fourth-order valence-corrected chi connectivity index (χ4v) is 3.56. The van der Waals surface area contributed by atoms with Gasteiger partial charge in [-0.2, -0.15) is 0 Å². The smallest absolute Gasteiger partial charge is 0.318 e. The summed E-state index contributed by atoms with van der Waals surface area (Å²) in [4.78, 5) is 14.6. The van der Waals surface area contributed by atoms with Crippen LogP contribution in [0.1, 0.15) is 17.3 Å². The zero-order valence-electron chi connectivity index (χ0n) is 15.7. The maximum atomic E-state index is 12.8. The maximum absolute atomic E-state index is 12.8. The van der Waals surface area contributed by atoms with Gasteiger partial charge in [0.15, 0.2) is 11.5 Å². The molecule has 1 aliphatic heterocycles. The molecule has 7 nitrogen and oxygen atoms in total. The summed E-state index contributed by atoms with van der Waals surface area (Å²) in [6, 6.07) is 7.35. The fraction of sp³-hybridized carbons (Fsp3) is 0.421. The summed E-state index contributed by atoms with van der Waals surface area (Å²) >= 11 is 5.73. The van der Waals surface area contributed by atoms with Crippen LogP contribution < -0.4 is 19.5 Å². The van der Waals surface area contributed by atoms with Gasteiger partial charge in [0.25, 0.3) is 0 Å². The van der Waals surface area contributed by atoms with Crippen LogP contribution in [0.3, 0.4) is 0 Å². The molecule has 0 radical (unpaired) electrons. The average molecular weight is 394 g/mol. The van der Waals surface area contributed by atoms with Crippen LogP contribution in [0.25, 0.3) is 0 Å². The Balaban J connectivity index is 2.08. The number of carbonyl (C=O) groups excluding carboxylic acids is 1. The molecule has 0 unspecified atom stereocenters. The molecule has 0 spiro atoms. The lowest BCUT2D eigenvalue weighted by Crippen LogP contribution is -2.47. The number of hydrogen-bond acceptors (Lipinski definition) is 4. The van der Waals surface area contributed by atoms with E-state index in [4.69, 9.17) is 25.8 Å². The Morgan fingerprint density at radius 2 is 1.89 bits per heavy atom. The molecule has 0 fully saturated rings. The van der Waals surface area contributed by atoms with Gasteiger partial charge >= 0.3 is 6.03 Å². The third-order valence-electron chi connectivity index (χ3n) is 4.67. The highest BCUT2D eigenvalue weighted by Gasteiger charge is 2.33. The fourth-order valence-electron chi connectivity index (χ4n) is 3.47. The van der Waals surface area contributed by atoms with Gasteiger partial charge < -0.3 is 29.0 Å². The molecular formula is C19H24ClN3O4. The molecular weight excluding hydrogens is 370 g/mol. The second-order valence-corrected chi connectivity index (χ2v) is 6.48.